The third-order valence-corrected chi connectivity index (χ3v) is 10.9. The van der Waals surface area contributed by atoms with E-state index in [0.717, 1.165) is 28.5 Å². The van der Waals surface area contributed by atoms with Gasteiger partial charge in [-0.3, -0.25) is 19.7 Å². The van der Waals surface area contributed by atoms with Crippen LogP contribution < -0.4 is 33.7 Å². The molecule has 338 valence electrons. The second-order valence-corrected chi connectivity index (χ2v) is 14.7. The minimum atomic E-state index is -0.635. The van der Waals surface area contributed by atoms with Crippen LogP contribution in [0, 0.1) is 0 Å². The fourth-order valence-corrected chi connectivity index (χ4v) is 7.95. The molecule has 0 amide bonds. The zero-order chi connectivity index (χ0) is 41.5. The van der Waals surface area contributed by atoms with Gasteiger partial charge in [-0.1, -0.05) is 95.1 Å². The molecule has 0 radical (unpaired) electrons. The van der Waals surface area contributed by atoms with E-state index >= 15 is 0 Å². The Labute approximate surface area is 374 Å². The molecule has 0 aromatic heterocycles. The molecule has 64 heavy (non-hydrogen) atoms. The number of hydrogen-bond acceptors (Lipinski definition) is 14. The van der Waals surface area contributed by atoms with E-state index in [-0.39, 0.29) is 52.9 Å². The largest absolute Gasteiger partial charge is 0.486 e. The van der Waals surface area contributed by atoms with E-state index in [4.69, 9.17) is 42.6 Å². The highest BCUT2D eigenvalue weighted by Crippen LogP contribution is 2.51. The molecule has 5 aromatic rings. The molecule has 5 atom stereocenters. The lowest BCUT2D eigenvalue weighted by molar-refractivity contribution is -0.163. The lowest BCUT2D eigenvalue weighted by Gasteiger charge is -2.39. The average Bonchev–Trinajstić information content (AvgIpc) is 3.74. The summed E-state index contributed by atoms with van der Waals surface area (Å²) in [4.78, 5) is 36.6. The predicted molar refractivity (Wildman–Crippen MR) is 238 cm³/mol. The monoisotopic (exact) mass is 876 g/mol. The van der Waals surface area contributed by atoms with E-state index in [1.165, 1.54) is 0 Å². The van der Waals surface area contributed by atoms with E-state index in [1.54, 1.807) is 18.2 Å². The zero-order valence-electron chi connectivity index (χ0n) is 33.1. The molecular formula is C50H56N2O12. The van der Waals surface area contributed by atoms with Crippen molar-refractivity contribution in [3.8, 4) is 34.5 Å². The maximum atomic E-state index is 13.3. The van der Waals surface area contributed by atoms with Crippen LogP contribution in [0.1, 0.15) is 79.3 Å². The van der Waals surface area contributed by atoms with E-state index in [2.05, 4.69) is 22.3 Å². The third-order valence-electron chi connectivity index (χ3n) is 10.9. The molecule has 6 heterocycles. The minimum Gasteiger partial charge on any atom is -0.486 e. The SMILES string of the molecule is C.C.C.O=C1CN[C@@H](c2ccccc2)CO1.O=C1OC[C@H](c2ccccc2)N2C(c3ccc4c(c3)OCCO4)O[C@H](c3ccc4c(c3)OCCO4)C12.O=Cc1ccc2c(c1)OCCO2. The van der Waals surface area contributed by atoms with Gasteiger partial charge < -0.3 is 42.6 Å². The first-order chi connectivity index (χ1) is 30.0. The summed E-state index contributed by atoms with van der Waals surface area (Å²) in [6.45, 7) is 4.12. The van der Waals surface area contributed by atoms with Crippen LogP contribution in [0.3, 0.4) is 0 Å². The summed E-state index contributed by atoms with van der Waals surface area (Å²) in [5, 5.41) is 3.11. The predicted octanol–water partition coefficient (Wildman–Crippen LogP) is 8.02. The highest BCUT2D eigenvalue weighted by Gasteiger charge is 2.54. The van der Waals surface area contributed by atoms with Gasteiger partial charge in [-0.25, -0.2) is 4.90 Å². The molecule has 3 saturated heterocycles. The maximum Gasteiger partial charge on any atom is 0.326 e. The molecule has 14 heteroatoms. The Kier molecular flexibility index (Phi) is 15.9. The van der Waals surface area contributed by atoms with Crippen LogP contribution in [-0.2, 0) is 23.8 Å². The fourth-order valence-electron chi connectivity index (χ4n) is 7.95. The number of benzene rings is 5. The quantitative estimate of drug-likeness (QED) is 0.134. The van der Waals surface area contributed by atoms with Crippen LogP contribution in [0.4, 0.5) is 0 Å². The van der Waals surface area contributed by atoms with Gasteiger partial charge in [-0.05, 0) is 64.7 Å². The molecule has 5 aromatic carbocycles. The van der Waals surface area contributed by atoms with Crippen molar-refractivity contribution in [3.63, 3.8) is 0 Å². The van der Waals surface area contributed by atoms with E-state index in [9.17, 15) is 14.4 Å². The molecule has 14 nitrogen and oxygen atoms in total. The summed E-state index contributed by atoms with van der Waals surface area (Å²) < 4.78 is 51.0. The number of ether oxygens (including phenoxy) is 9. The number of hydrogen-bond donors (Lipinski definition) is 1. The van der Waals surface area contributed by atoms with E-state index in [0.29, 0.717) is 92.9 Å². The summed E-state index contributed by atoms with van der Waals surface area (Å²) in [6.07, 6.45) is -0.266. The Morgan fingerprint density at radius 1 is 0.516 bits per heavy atom. The van der Waals surface area contributed by atoms with Gasteiger partial charge in [0.15, 0.2) is 34.5 Å². The smallest absolute Gasteiger partial charge is 0.326 e. The number of fused-ring (bicyclic) bond motifs is 4. The maximum absolute atomic E-state index is 13.3. The van der Waals surface area contributed by atoms with Crippen LogP contribution in [0.5, 0.6) is 34.5 Å². The number of carbonyl (C=O) groups is 3. The Morgan fingerprint density at radius 2 is 1.03 bits per heavy atom. The van der Waals surface area contributed by atoms with Gasteiger partial charge in [0.1, 0.15) is 77.5 Å². The number of morpholine rings is 2. The number of cyclic esters (lactones) is 2. The standard InChI is InChI=1S/C28H25NO7.C10H11NO2.C9H8O3.3CH4/c30-28-25-26(18-6-8-21-23(14-18)33-12-10-31-21)36-27(19-7-9-22-24(15-19)34-13-11-32-22)29(25)20(16-35-28)17-4-2-1-3-5-17;12-10-6-11-9(7-13-10)8-4-2-1-3-5-8;10-6-7-1-2-8-9(5-7)12-4-3-11-8;;;/h1-9,14-15,20,25-27H,10-13,16H2;1-5,9,11H,6-7H2;1-2,5-6H,3-4H2;3*1H4/t20-,25?,26-,27?;9-;;;;/m11..../s1. The number of aldehydes is 1. The second kappa shape index (κ2) is 21.7. The van der Waals surface area contributed by atoms with Crippen molar-refractivity contribution in [3.05, 3.63) is 143 Å². The highest BCUT2D eigenvalue weighted by atomic mass is 16.6. The van der Waals surface area contributed by atoms with Crippen LogP contribution in [-0.4, -0.2) is 88.6 Å². The molecule has 11 rings (SSSR count). The third kappa shape index (κ3) is 10.3. The Balaban J connectivity index is 0.000000200. The topological polar surface area (TPSA) is 150 Å². The van der Waals surface area contributed by atoms with E-state index < -0.39 is 18.4 Å². The molecule has 2 unspecified atom stereocenters. The van der Waals surface area contributed by atoms with Gasteiger partial charge >= 0.3 is 11.9 Å². The number of rotatable bonds is 5. The molecule has 6 aliphatic rings. The van der Waals surface area contributed by atoms with Crippen molar-refractivity contribution < 1.29 is 57.0 Å². The van der Waals surface area contributed by atoms with Gasteiger partial charge in [-0.15, -0.1) is 0 Å². The van der Waals surface area contributed by atoms with Crippen molar-refractivity contribution in [1.29, 1.82) is 0 Å². The minimum absolute atomic E-state index is 0. The first-order valence-electron chi connectivity index (χ1n) is 20.2. The Morgan fingerprint density at radius 3 is 1.59 bits per heavy atom. The lowest BCUT2D eigenvalue weighted by atomic mass is 9.96. The molecule has 0 saturated carbocycles. The summed E-state index contributed by atoms with van der Waals surface area (Å²) in [5.74, 6) is 3.63. The zero-order valence-corrected chi connectivity index (χ0v) is 33.1. The molecule has 1 N–H and O–H groups in total. The highest BCUT2D eigenvalue weighted by molar-refractivity contribution is 5.79. The van der Waals surface area contributed by atoms with Crippen molar-refractivity contribution in [1.82, 2.24) is 10.2 Å². The van der Waals surface area contributed by atoms with Crippen molar-refractivity contribution in [2.24, 2.45) is 0 Å². The number of carbonyl (C=O) groups excluding carboxylic acids is 3. The molecule has 0 spiro atoms. The number of nitrogens with one attached hydrogen (secondary N) is 1. The van der Waals surface area contributed by atoms with Gasteiger partial charge in [0.25, 0.3) is 0 Å². The van der Waals surface area contributed by atoms with Crippen molar-refractivity contribution >= 4 is 18.2 Å². The van der Waals surface area contributed by atoms with Gasteiger partial charge in [-0.2, -0.15) is 0 Å². The molecule has 0 aliphatic carbocycles. The summed E-state index contributed by atoms with van der Waals surface area (Å²) in [6, 6.07) is 36.1. The Hall–Kier alpha value is -6.61. The van der Waals surface area contributed by atoms with Gasteiger partial charge in [0.2, 0.25) is 0 Å². The molecule has 3 fully saturated rings. The number of nitrogens with zero attached hydrogens (tertiary/aromatic N) is 1. The van der Waals surface area contributed by atoms with Crippen molar-refractivity contribution in [2.45, 2.75) is 52.7 Å². The summed E-state index contributed by atoms with van der Waals surface area (Å²) >= 11 is 0. The number of esters is 2. The van der Waals surface area contributed by atoms with E-state index in [1.807, 2.05) is 84.9 Å². The first kappa shape index (κ1) is 46.9. The molecule has 0 bridgehead atoms. The van der Waals surface area contributed by atoms with Crippen molar-refractivity contribution in [2.75, 3.05) is 59.4 Å². The van der Waals surface area contributed by atoms with Crippen LogP contribution in [0.2, 0.25) is 0 Å². The first-order valence-corrected chi connectivity index (χ1v) is 20.2. The molecular weight excluding hydrogens is 821 g/mol. The lowest BCUT2D eigenvalue weighted by Crippen LogP contribution is -2.49. The van der Waals surface area contributed by atoms with Gasteiger partial charge in [0.05, 0.1) is 18.6 Å². The summed E-state index contributed by atoms with van der Waals surface area (Å²) in [7, 11) is 0. The molecule has 6 aliphatic heterocycles. The van der Waals surface area contributed by atoms with Gasteiger partial charge in [0, 0.05) is 5.56 Å². The fraction of sp³-hybridized carbons (Fsp3) is 0.340. The summed E-state index contributed by atoms with van der Waals surface area (Å²) in [5.41, 5.74) is 4.55. The van der Waals surface area contributed by atoms with Crippen LogP contribution >= 0.6 is 0 Å². The second-order valence-electron chi connectivity index (χ2n) is 14.7. The van der Waals surface area contributed by atoms with Crippen LogP contribution in [0.15, 0.2) is 115 Å². The Bertz CT molecular complexity index is 2330. The average molecular weight is 877 g/mol. The normalized spacial score (nSPS) is 22.2. The van der Waals surface area contributed by atoms with Crippen LogP contribution in [0.25, 0.3) is 0 Å².